The number of carbonyl (C=O) groups is 1. The molecule has 0 saturated carbocycles. The molecule has 0 saturated heterocycles. The van der Waals surface area contributed by atoms with Gasteiger partial charge in [0.1, 0.15) is 11.3 Å². The van der Waals surface area contributed by atoms with Crippen molar-refractivity contribution in [3.05, 3.63) is 28.8 Å². The fourth-order valence-electron chi connectivity index (χ4n) is 2.00. The quantitative estimate of drug-likeness (QED) is 0.803. The van der Waals surface area contributed by atoms with Crippen LogP contribution in [0.15, 0.2) is 12.1 Å². The number of benzene rings is 1. The number of aromatic carboxylic acids is 1. The molecule has 3 nitrogen and oxygen atoms in total. The van der Waals surface area contributed by atoms with Gasteiger partial charge < -0.3 is 10.2 Å². The number of hydrogen-bond donors (Lipinski definition) is 2. The number of rotatable bonds is 6. The van der Waals surface area contributed by atoms with Gasteiger partial charge in [-0.2, -0.15) is 0 Å². The van der Waals surface area contributed by atoms with Crippen LogP contribution in [0.4, 0.5) is 0 Å². The van der Waals surface area contributed by atoms with E-state index in [1.807, 2.05) is 19.9 Å². The lowest BCUT2D eigenvalue weighted by Gasteiger charge is -2.15. The average molecular weight is 250 g/mol. The number of aryl methyl sites for hydroxylation is 1. The molecule has 1 rings (SSSR count). The van der Waals surface area contributed by atoms with E-state index >= 15 is 0 Å². The molecule has 0 aliphatic carbocycles. The molecule has 1 atom stereocenters. The maximum Gasteiger partial charge on any atom is 0.339 e. The van der Waals surface area contributed by atoms with Crippen molar-refractivity contribution in [1.29, 1.82) is 0 Å². The lowest BCUT2D eigenvalue weighted by atomic mass is 9.92. The Hall–Kier alpha value is -1.51. The molecule has 1 aromatic carbocycles. The first-order chi connectivity index (χ1) is 8.51. The van der Waals surface area contributed by atoms with Crippen molar-refractivity contribution in [2.24, 2.45) is 0 Å². The highest BCUT2D eigenvalue weighted by molar-refractivity contribution is 5.91. The maximum atomic E-state index is 11.2. The van der Waals surface area contributed by atoms with Gasteiger partial charge in [0.2, 0.25) is 0 Å². The van der Waals surface area contributed by atoms with Crippen LogP contribution in [0.25, 0.3) is 0 Å². The zero-order valence-corrected chi connectivity index (χ0v) is 11.4. The molecule has 0 fully saturated rings. The van der Waals surface area contributed by atoms with E-state index in [0.29, 0.717) is 0 Å². The molecule has 1 aromatic rings. The molecule has 0 bridgehead atoms. The minimum atomic E-state index is -1.06. The van der Waals surface area contributed by atoms with Gasteiger partial charge in [-0.1, -0.05) is 33.3 Å². The van der Waals surface area contributed by atoms with E-state index in [4.69, 9.17) is 5.11 Å². The van der Waals surface area contributed by atoms with Crippen molar-refractivity contribution < 1.29 is 15.0 Å². The monoisotopic (exact) mass is 250 g/mol. The van der Waals surface area contributed by atoms with Gasteiger partial charge in [0.25, 0.3) is 0 Å². The molecule has 0 aromatic heterocycles. The van der Waals surface area contributed by atoms with Gasteiger partial charge in [-0.15, -0.1) is 0 Å². The molecule has 0 aliphatic heterocycles. The highest BCUT2D eigenvalue weighted by Crippen LogP contribution is 2.32. The van der Waals surface area contributed by atoms with Gasteiger partial charge >= 0.3 is 5.97 Å². The fourth-order valence-corrected chi connectivity index (χ4v) is 2.00. The van der Waals surface area contributed by atoms with Gasteiger partial charge in [0.05, 0.1) is 0 Å². The molecule has 2 N–H and O–H groups in total. The fraction of sp³-hybridized carbons (Fsp3) is 0.533. The first-order valence-corrected chi connectivity index (χ1v) is 6.60. The lowest BCUT2D eigenvalue weighted by Crippen LogP contribution is -2.03. The SMILES string of the molecule is CCCCc1cc(C(=O)O)c(O)c(C(C)CC)c1. The molecule has 1 unspecified atom stereocenters. The van der Waals surface area contributed by atoms with Crippen LogP contribution in [-0.4, -0.2) is 16.2 Å². The molecular formula is C15H22O3. The minimum absolute atomic E-state index is 0.0268. The van der Waals surface area contributed by atoms with Gasteiger partial charge in [-0.25, -0.2) is 4.79 Å². The van der Waals surface area contributed by atoms with E-state index in [2.05, 4.69) is 6.92 Å². The van der Waals surface area contributed by atoms with E-state index in [1.165, 1.54) is 0 Å². The predicted molar refractivity (Wildman–Crippen MR) is 72.4 cm³/mol. The van der Waals surface area contributed by atoms with Crippen molar-refractivity contribution >= 4 is 5.97 Å². The summed E-state index contributed by atoms with van der Waals surface area (Å²) in [5.41, 5.74) is 1.78. The van der Waals surface area contributed by atoms with Crippen LogP contribution in [0.5, 0.6) is 5.75 Å². The summed E-state index contributed by atoms with van der Waals surface area (Å²) in [6, 6.07) is 3.55. The topological polar surface area (TPSA) is 57.5 Å². The highest BCUT2D eigenvalue weighted by Gasteiger charge is 2.18. The van der Waals surface area contributed by atoms with E-state index < -0.39 is 5.97 Å². The average Bonchev–Trinajstić information content (AvgIpc) is 2.36. The van der Waals surface area contributed by atoms with Crippen molar-refractivity contribution in [2.75, 3.05) is 0 Å². The molecule has 3 heteroatoms. The van der Waals surface area contributed by atoms with Crippen molar-refractivity contribution in [2.45, 2.75) is 52.4 Å². The van der Waals surface area contributed by atoms with Crippen LogP contribution in [0, 0.1) is 0 Å². The predicted octanol–water partition coefficient (Wildman–Crippen LogP) is 3.95. The van der Waals surface area contributed by atoms with Crippen LogP contribution in [0.2, 0.25) is 0 Å². The van der Waals surface area contributed by atoms with E-state index in [9.17, 15) is 9.90 Å². The summed E-state index contributed by atoms with van der Waals surface area (Å²) >= 11 is 0. The Kier molecular flexibility index (Phi) is 5.20. The van der Waals surface area contributed by atoms with Crippen LogP contribution >= 0.6 is 0 Å². The molecule has 18 heavy (non-hydrogen) atoms. The number of carboxylic acids is 1. The van der Waals surface area contributed by atoms with Gasteiger partial charge in [-0.3, -0.25) is 0 Å². The Bertz CT molecular complexity index is 424. The second-order valence-electron chi connectivity index (χ2n) is 4.80. The normalized spacial score (nSPS) is 12.4. The Balaban J connectivity index is 3.23. The van der Waals surface area contributed by atoms with Crippen molar-refractivity contribution in [3.8, 4) is 5.75 Å². The van der Waals surface area contributed by atoms with Gasteiger partial charge in [-0.05, 0) is 42.4 Å². The lowest BCUT2D eigenvalue weighted by molar-refractivity contribution is 0.0693. The summed E-state index contributed by atoms with van der Waals surface area (Å²) in [5.74, 6) is -0.961. The van der Waals surface area contributed by atoms with Gasteiger partial charge in [0.15, 0.2) is 0 Å². The smallest absolute Gasteiger partial charge is 0.339 e. The highest BCUT2D eigenvalue weighted by atomic mass is 16.4. The Morgan fingerprint density at radius 1 is 1.33 bits per heavy atom. The van der Waals surface area contributed by atoms with E-state index in [1.54, 1.807) is 6.07 Å². The second kappa shape index (κ2) is 6.43. The van der Waals surface area contributed by atoms with Crippen LogP contribution in [0.3, 0.4) is 0 Å². The zero-order chi connectivity index (χ0) is 13.7. The largest absolute Gasteiger partial charge is 0.507 e. The summed E-state index contributed by atoms with van der Waals surface area (Å²) in [6.07, 6.45) is 3.84. The summed E-state index contributed by atoms with van der Waals surface area (Å²) < 4.78 is 0. The van der Waals surface area contributed by atoms with Crippen molar-refractivity contribution in [3.63, 3.8) is 0 Å². The maximum absolute atomic E-state index is 11.2. The summed E-state index contributed by atoms with van der Waals surface area (Å²) in [5, 5.41) is 19.2. The van der Waals surface area contributed by atoms with Gasteiger partial charge in [0, 0.05) is 0 Å². The van der Waals surface area contributed by atoms with Crippen LogP contribution in [-0.2, 0) is 6.42 Å². The molecule has 0 aliphatic rings. The minimum Gasteiger partial charge on any atom is -0.507 e. The van der Waals surface area contributed by atoms with Crippen LogP contribution in [0.1, 0.15) is 67.4 Å². The second-order valence-corrected chi connectivity index (χ2v) is 4.80. The Morgan fingerprint density at radius 3 is 2.50 bits per heavy atom. The first-order valence-electron chi connectivity index (χ1n) is 6.60. The van der Waals surface area contributed by atoms with E-state index in [0.717, 1.165) is 36.8 Å². The number of carboxylic acid groups (broad SMARTS) is 1. The number of aromatic hydroxyl groups is 1. The first kappa shape index (κ1) is 14.6. The number of hydrogen-bond acceptors (Lipinski definition) is 2. The third kappa shape index (κ3) is 3.25. The standard InChI is InChI=1S/C15H22O3/c1-4-6-7-11-8-12(10(3)5-2)14(16)13(9-11)15(17)18/h8-10,16H,4-7H2,1-3H3,(H,17,18). The number of phenols is 1. The summed E-state index contributed by atoms with van der Waals surface area (Å²) in [7, 11) is 0. The molecule has 0 amide bonds. The number of unbranched alkanes of at least 4 members (excludes halogenated alkanes) is 1. The summed E-state index contributed by atoms with van der Waals surface area (Å²) in [6.45, 7) is 6.14. The van der Waals surface area contributed by atoms with Crippen LogP contribution < -0.4 is 0 Å². The van der Waals surface area contributed by atoms with E-state index in [-0.39, 0.29) is 17.2 Å². The third-order valence-electron chi connectivity index (χ3n) is 3.39. The molecule has 0 spiro atoms. The molecule has 0 radical (unpaired) electrons. The Labute approximate surface area is 108 Å². The molecule has 100 valence electrons. The zero-order valence-electron chi connectivity index (χ0n) is 11.4. The summed E-state index contributed by atoms with van der Waals surface area (Å²) in [4.78, 5) is 11.2. The third-order valence-corrected chi connectivity index (χ3v) is 3.39. The van der Waals surface area contributed by atoms with Crippen molar-refractivity contribution in [1.82, 2.24) is 0 Å². The molecule has 0 heterocycles. The molecular weight excluding hydrogens is 228 g/mol. The Morgan fingerprint density at radius 2 is 2.00 bits per heavy atom.